The largest absolute Gasteiger partial charge is 0.368 e. The van der Waals surface area contributed by atoms with Crippen LogP contribution in [0.4, 0.5) is 0 Å². The van der Waals surface area contributed by atoms with Gasteiger partial charge in [-0.15, -0.1) is 6.58 Å². The molecule has 1 rings (SSSR count). The zero-order valence-electron chi connectivity index (χ0n) is 12.6. The molecule has 5 nitrogen and oxygen atoms in total. The molecule has 2 amide bonds. The van der Waals surface area contributed by atoms with E-state index in [0.29, 0.717) is 36.7 Å². The van der Waals surface area contributed by atoms with E-state index >= 15 is 0 Å². The lowest BCUT2D eigenvalue weighted by Gasteiger charge is -2.13. The average molecular weight is 325 g/mol. The van der Waals surface area contributed by atoms with E-state index < -0.39 is 6.10 Å². The Hall–Kier alpha value is -1.85. The topological polar surface area (TPSA) is 67.4 Å². The number of benzene rings is 1. The van der Waals surface area contributed by atoms with E-state index in [1.54, 1.807) is 37.3 Å². The predicted molar refractivity (Wildman–Crippen MR) is 87.0 cm³/mol. The van der Waals surface area contributed by atoms with Crippen molar-refractivity contribution in [2.75, 3.05) is 19.7 Å². The Morgan fingerprint density at radius 3 is 2.55 bits per heavy atom. The molecule has 0 heterocycles. The van der Waals surface area contributed by atoms with Gasteiger partial charge in [-0.2, -0.15) is 0 Å². The monoisotopic (exact) mass is 324 g/mol. The van der Waals surface area contributed by atoms with E-state index in [9.17, 15) is 9.59 Å². The zero-order valence-corrected chi connectivity index (χ0v) is 13.4. The third-order valence-corrected chi connectivity index (χ3v) is 3.13. The SMILES string of the molecule is C=CCCOC(C)C(=O)NCCNC(=O)c1ccc(Cl)cc1. The Kier molecular flexibility index (Phi) is 8.25. The lowest BCUT2D eigenvalue weighted by Crippen LogP contribution is -2.39. The molecule has 0 aromatic heterocycles. The Morgan fingerprint density at radius 2 is 1.91 bits per heavy atom. The minimum absolute atomic E-state index is 0.204. The summed E-state index contributed by atoms with van der Waals surface area (Å²) in [5.74, 6) is -0.411. The van der Waals surface area contributed by atoms with Gasteiger partial charge in [0.2, 0.25) is 5.91 Å². The molecular formula is C16H21ClN2O3. The maximum absolute atomic E-state index is 11.8. The van der Waals surface area contributed by atoms with Crippen LogP contribution in [0.3, 0.4) is 0 Å². The fraction of sp³-hybridized carbons (Fsp3) is 0.375. The summed E-state index contributed by atoms with van der Waals surface area (Å²) >= 11 is 5.76. The number of hydrogen-bond donors (Lipinski definition) is 2. The maximum Gasteiger partial charge on any atom is 0.251 e. The van der Waals surface area contributed by atoms with Crippen molar-refractivity contribution in [1.29, 1.82) is 0 Å². The first kappa shape index (κ1) is 18.2. The van der Waals surface area contributed by atoms with Crippen LogP contribution in [-0.4, -0.2) is 37.6 Å². The second-order valence-corrected chi connectivity index (χ2v) is 5.08. The number of hydrogen-bond acceptors (Lipinski definition) is 3. The molecule has 2 N–H and O–H groups in total. The van der Waals surface area contributed by atoms with Crippen molar-refractivity contribution in [2.24, 2.45) is 0 Å². The van der Waals surface area contributed by atoms with Gasteiger partial charge >= 0.3 is 0 Å². The number of carbonyl (C=O) groups is 2. The van der Waals surface area contributed by atoms with Gasteiger partial charge in [0.25, 0.3) is 5.91 Å². The second kappa shape index (κ2) is 9.97. The quantitative estimate of drug-likeness (QED) is 0.540. The van der Waals surface area contributed by atoms with E-state index in [-0.39, 0.29) is 11.8 Å². The molecule has 120 valence electrons. The number of nitrogens with one attached hydrogen (secondary N) is 2. The van der Waals surface area contributed by atoms with Gasteiger partial charge in [0.05, 0.1) is 6.61 Å². The van der Waals surface area contributed by atoms with Gasteiger partial charge in [0.1, 0.15) is 6.10 Å². The lowest BCUT2D eigenvalue weighted by atomic mass is 10.2. The molecule has 1 aromatic rings. The van der Waals surface area contributed by atoms with E-state index in [1.165, 1.54) is 0 Å². The van der Waals surface area contributed by atoms with Crippen LogP contribution in [0.25, 0.3) is 0 Å². The molecule has 0 radical (unpaired) electrons. The van der Waals surface area contributed by atoms with Gasteiger partial charge in [-0.05, 0) is 37.6 Å². The minimum atomic E-state index is -0.521. The van der Waals surface area contributed by atoms with Crippen molar-refractivity contribution in [3.05, 3.63) is 47.5 Å². The van der Waals surface area contributed by atoms with Crippen molar-refractivity contribution < 1.29 is 14.3 Å². The Bertz CT molecular complexity index is 503. The third-order valence-electron chi connectivity index (χ3n) is 2.88. The van der Waals surface area contributed by atoms with Crippen LogP contribution in [0.5, 0.6) is 0 Å². The van der Waals surface area contributed by atoms with Crippen molar-refractivity contribution in [3.8, 4) is 0 Å². The smallest absolute Gasteiger partial charge is 0.251 e. The summed E-state index contributed by atoms with van der Waals surface area (Å²) < 4.78 is 5.32. The van der Waals surface area contributed by atoms with Gasteiger partial charge in [-0.3, -0.25) is 9.59 Å². The number of halogens is 1. The number of amides is 2. The predicted octanol–water partition coefficient (Wildman–Crippen LogP) is 2.17. The van der Waals surface area contributed by atoms with Crippen LogP contribution in [0.1, 0.15) is 23.7 Å². The molecular weight excluding hydrogens is 304 g/mol. The average Bonchev–Trinajstić information content (AvgIpc) is 2.51. The summed E-state index contributed by atoms with van der Waals surface area (Å²) in [4.78, 5) is 23.5. The Labute approximate surface area is 135 Å². The van der Waals surface area contributed by atoms with Gasteiger partial charge in [-0.25, -0.2) is 0 Å². The number of rotatable bonds is 9. The number of carbonyl (C=O) groups excluding carboxylic acids is 2. The zero-order chi connectivity index (χ0) is 16.4. The first-order valence-corrected chi connectivity index (χ1v) is 7.46. The molecule has 0 fully saturated rings. The van der Waals surface area contributed by atoms with Gasteiger partial charge in [0, 0.05) is 23.7 Å². The van der Waals surface area contributed by atoms with E-state index in [4.69, 9.17) is 16.3 Å². The van der Waals surface area contributed by atoms with Crippen LogP contribution in [0, 0.1) is 0 Å². The highest BCUT2D eigenvalue weighted by Crippen LogP contribution is 2.09. The molecule has 0 saturated heterocycles. The molecule has 0 bridgehead atoms. The molecule has 0 saturated carbocycles. The highest BCUT2D eigenvalue weighted by atomic mass is 35.5. The summed E-state index contributed by atoms with van der Waals surface area (Å²) in [5, 5.41) is 5.99. The molecule has 22 heavy (non-hydrogen) atoms. The van der Waals surface area contributed by atoms with E-state index in [1.807, 2.05) is 0 Å². The molecule has 1 unspecified atom stereocenters. The maximum atomic E-state index is 11.8. The highest BCUT2D eigenvalue weighted by Gasteiger charge is 2.12. The molecule has 0 aliphatic rings. The summed E-state index contributed by atoms with van der Waals surface area (Å²) in [7, 11) is 0. The van der Waals surface area contributed by atoms with Crippen LogP contribution in [-0.2, 0) is 9.53 Å². The standard InChI is InChI=1S/C16H21ClN2O3/c1-3-4-11-22-12(2)15(20)18-9-10-19-16(21)13-5-7-14(17)8-6-13/h3,5-8,12H,1,4,9-11H2,2H3,(H,18,20)(H,19,21). The Balaban J connectivity index is 2.21. The highest BCUT2D eigenvalue weighted by molar-refractivity contribution is 6.30. The van der Waals surface area contributed by atoms with Crippen molar-refractivity contribution in [2.45, 2.75) is 19.4 Å². The van der Waals surface area contributed by atoms with Gasteiger partial charge < -0.3 is 15.4 Å². The number of ether oxygens (including phenoxy) is 1. The summed E-state index contributed by atoms with van der Waals surface area (Å²) in [6.07, 6.45) is 1.91. The van der Waals surface area contributed by atoms with Gasteiger partial charge in [0.15, 0.2) is 0 Å². The first-order chi connectivity index (χ1) is 10.5. The Morgan fingerprint density at radius 1 is 1.27 bits per heavy atom. The van der Waals surface area contributed by atoms with E-state index in [2.05, 4.69) is 17.2 Å². The van der Waals surface area contributed by atoms with Crippen molar-refractivity contribution in [3.63, 3.8) is 0 Å². The minimum Gasteiger partial charge on any atom is -0.368 e. The molecule has 0 aliphatic carbocycles. The van der Waals surface area contributed by atoms with Crippen molar-refractivity contribution in [1.82, 2.24) is 10.6 Å². The van der Waals surface area contributed by atoms with Crippen LogP contribution >= 0.6 is 11.6 Å². The third kappa shape index (κ3) is 6.74. The second-order valence-electron chi connectivity index (χ2n) is 4.64. The summed E-state index contributed by atoms with van der Waals surface area (Å²) in [6, 6.07) is 6.60. The lowest BCUT2D eigenvalue weighted by molar-refractivity contribution is -0.131. The van der Waals surface area contributed by atoms with Crippen molar-refractivity contribution >= 4 is 23.4 Å². The summed E-state index contributed by atoms with van der Waals surface area (Å²) in [6.45, 7) is 6.41. The first-order valence-electron chi connectivity index (χ1n) is 7.08. The van der Waals surface area contributed by atoms with E-state index in [0.717, 1.165) is 0 Å². The van der Waals surface area contributed by atoms with Crippen LogP contribution in [0.2, 0.25) is 5.02 Å². The molecule has 0 spiro atoms. The van der Waals surface area contributed by atoms with Crippen LogP contribution < -0.4 is 10.6 Å². The fourth-order valence-corrected chi connectivity index (χ4v) is 1.74. The molecule has 1 aromatic carbocycles. The normalized spacial score (nSPS) is 11.5. The van der Waals surface area contributed by atoms with Gasteiger partial charge in [-0.1, -0.05) is 17.7 Å². The molecule has 6 heteroatoms. The fourth-order valence-electron chi connectivity index (χ4n) is 1.61. The molecule has 0 aliphatic heterocycles. The van der Waals surface area contributed by atoms with Crippen LogP contribution in [0.15, 0.2) is 36.9 Å². The summed E-state index contributed by atoms with van der Waals surface area (Å²) in [5.41, 5.74) is 0.525. The molecule has 1 atom stereocenters.